The van der Waals surface area contributed by atoms with Gasteiger partial charge in [-0.1, -0.05) is 30.3 Å². The second-order valence-electron chi connectivity index (χ2n) is 7.09. The van der Waals surface area contributed by atoms with Crippen molar-refractivity contribution in [1.82, 2.24) is 15.1 Å². The number of likely N-dealkylation sites (N-methyl/N-ethyl adjacent to an activating group) is 1. The zero-order valence-corrected chi connectivity index (χ0v) is 16.9. The fourth-order valence-electron chi connectivity index (χ4n) is 3.17. The molecule has 2 amide bonds. The van der Waals surface area contributed by atoms with Crippen molar-refractivity contribution in [3.63, 3.8) is 0 Å². The summed E-state index contributed by atoms with van der Waals surface area (Å²) in [7, 11) is 3.67. The fourth-order valence-corrected chi connectivity index (χ4v) is 3.17. The van der Waals surface area contributed by atoms with Crippen LogP contribution in [0, 0.1) is 0 Å². The van der Waals surface area contributed by atoms with E-state index in [1.165, 1.54) is 6.08 Å². The van der Waals surface area contributed by atoms with Gasteiger partial charge in [-0.25, -0.2) is 0 Å². The van der Waals surface area contributed by atoms with E-state index in [4.69, 9.17) is 4.74 Å². The lowest BCUT2D eigenvalue weighted by molar-refractivity contribution is -0.116. The lowest BCUT2D eigenvalue weighted by Gasteiger charge is -2.32. The Kier molecular flexibility index (Phi) is 7.03. The highest BCUT2D eigenvalue weighted by molar-refractivity contribution is 5.94. The van der Waals surface area contributed by atoms with E-state index in [0.29, 0.717) is 12.1 Å². The van der Waals surface area contributed by atoms with Crippen LogP contribution in [0.2, 0.25) is 0 Å². The van der Waals surface area contributed by atoms with Gasteiger partial charge in [0.2, 0.25) is 5.91 Å². The molecule has 0 aliphatic carbocycles. The summed E-state index contributed by atoms with van der Waals surface area (Å²) in [5, 5.41) is 2.86. The van der Waals surface area contributed by atoms with E-state index in [1.807, 2.05) is 53.4 Å². The highest BCUT2D eigenvalue weighted by atomic mass is 16.5. The summed E-state index contributed by atoms with van der Waals surface area (Å²) >= 11 is 0. The Hall–Kier alpha value is -3.12. The number of hydrogen-bond donors (Lipinski definition) is 1. The van der Waals surface area contributed by atoms with Crippen molar-refractivity contribution < 1.29 is 14.3 Å². The first-order valence-electron chi connectivity index (χ1n) is 9.72. The minimum Gasteiger partial charge on any atom is -0.496 e. The van der Waals surface area contributed by atoms with Crippen molar-refractivity contribution in [3.05, 3.63) is 71.3 Å². The molecule has 1 heterocycles. The number of para-hydroxylation sites is 1. The first-order chi connectivity index (χ1) is 14.1. The van der Waals surface area contributed by atoms with Crippen LogP contribution in [-0.2, 0) is 11.3 Å². The zero-order chi connectivity index (χ0) is 20.6. The van der Waals surface area contributed by atoms with E-state index >= 15 is 0 Å². The zero-order valence-electron chi connectivity index (χ0n) is 16.9. The van der Waals surface area contributed by atoms with Gasteiger partial charge in [-0.15, -0.1) is 0 Å². The topological polar surface area (TPSA) is 61.9 Å². The molecule has 29 heavy (non-hydrogen) atoms. The molecule has 2 aromatic rings. The molecule has 0 atom stereocenters. The van der Waals surface area contributed by atoms with E-state index in [-0.39, 0.29) is 11.8 Å². The van der Waals surface area contributed by atoms with Crippen LogP contribution in [0.1, 0.15) is 21.5 Å². The summed E-state index contributed by atoms with van der Waals surface area (Å²) in [6, 6.07) is 14.9. The van der Waals surface area contributed by atoms with Gasteiger partial charge >= 0.3 is 0 Å². The van der Waals surface area contributed by atoms with Crippen molar-refractivity contribution in [2.75, 3.05) is 40.3 Å². The average molecular weight is 393 g/mol. The second kappa shape index (κ2) is 9.89. The standard InChI is InChI=1S/C23H27N3O3/c1-25-13-15-26(16-14-25)23(28)20-9-7-18(8-10-20)17-24-22(27)12-11-19-5-3-4-6-21(19)29-2/h3-12H,13-17H2,1-2H3,(H,24,27)/b12-11+. The van der Waals surface area contributed by atoms with Crippen molar-refractivity contribution in [2.45, 2.75) is 6.54 Å². The van der Waals surface area contributed by atoms with Gasteiger partial charge in [0.05, 0.1) is 7.11 Å². The van der Waals surface area contributed by atoms with E-state index in [1.54, 1.807) is 13.2 Å². The molecule has 6 nitrogen and oxygen atoms in total. The molecule has 1 N–H and O–H groups in total. The molecular formula is C23H27N3O3. The predicted molar refractivity (Wildman–Crippen MR) is 114 cm³/mol. The molecule has 1 fully saturated rings. The third-order valence-electron chi connectivity index (χ3n) is 5.01. The van der Waals surface area contributed by atoms with E-state index in [2.05, 4.69) is 17.3 Å². The lowest BCUT2D eigenvalue weighted by Crippen LogP contribution is -2.47. The Bertz CT molecular complexity index is 869. The maximum Gasteiger partial charge on any atom is 0.253 e. The molecule has 1 aliphatic rings. The predicted octanol–water partition coefficient (Wildman–Crippen LogP) is 2.41. The minimum absolute atomic E-state index is 0.0634. The number of carbonyl (C=O) groups excluding carboxylic acids is 2. The number of nitrogens with zero attached hydrogens (tertiary/aromatic N) is 2. The SMILES string of the molecule is COc1ccccc1/C=C/C(=O)NCc1ccc(C(=O)N2CCN(C)CC2)cc1. The molecule has 0 aromatic heterocycles. The number of nitrogens with one attached hydrogen (secondary N) is 1. The molecule has 0 radical (unpaired) electrons. The highest BCUT2D eigenvalue weighted by Crippen LogP contribution is 2.18. The first-order valence-corrected chi connectivity index (χ1v) is 9.72. The number of piperazine rings is 1. The quantitative estimate of drug-likeness (QED) is 0.766. The van der Waals surface area contributed by atoms with Gasteiger partial charge in [-0.3, -0.25) is 9.59 Å². The van der Waals surface area contributed by atoms with Crippen LogP contribution in [0.25, 0.3) is 6.08 Å². The Morgan fingerprint density at radius 2 is 1.72 bits per heavy atom. The monoisotopic (exact) mass is 393 g/mol. The van der Waals surface area contributed by atoms with Crippen molar-refractivity contribution in [3.8, 4) is 5.75 Å². The molecule has 0 saturated carbocycles. The van der Waals surface area contributed by atoms with Gasteiger partial charge in [-0.05, 0) is 36.9 Å². The van der Waals surface area contributed by atoms with E-state index < -0.39 is 0 Å². The smallest absolute Gasteiger partial charge is 0.253 e. The molecule has 1 aliphatic heterocycles. The number of amides is 2. The van der Waals surface area contributed by atoms with Crippen molar-refractivity contribution in [1.29, 1.82) is 0 Å². The van der Waals surface area contributed by atoms with Crippen LogP contribution in [0.15, 0.2) is 54.6 Å². The van der Waals surface area contributed by atoms with Crippen LogP contribution in [0.3, 0.4) is 0 Å². The number of benzene rings is 2. The Labute approximate surface area is 171 Å². The van der Waals surface area contributed by atoms with Crippen molar-refractivity contribution >= 4 is 17.9 Å². The Morgan fingerprint density at radius 1 is 1.03 bits per heavy atom. The van der Waals surface area contributed by atoms with Crippen molar-refractivity contribution in [2.24, 2.45) is 0 Å². The minimum atomic E-state index is -0.187. The third kappa shape index (κ3) is 5.68. The fraction of sp³-hybridized carbons (Fsp3) is 0.304. The largest absolute Gasteiger partial charge is 0.496 e. The maximum atomic E-state index is 12.6. The summed E-state index contributed by atoms with van der Waals surface area (Å²) in [6.45, 7) is 3.71. The molecule has 3 rings (SSSR count). The second-order valence-corrected chi connectivity index (χ2v) is 7.09. The third-order valence-corrected chi connectivity index (χ3v) is 5.01. The van der Waals surface area contributed by atoms with Gasteiger partial charge in [-0.2, -0.15) is 0 Å². The molecule has 1 saturated heterocycles. The molecule has 0 bridgehead atoms. The molecule has 6 heteroatoms. The Morgan fingerprint density at radius 3 is 2.41 bits per heavy atom. The van der Waals surface area contributed by atoms with E-state index in [9.17, 15) is 9.59 Å². The van der Waals surface area contributed by atoms with Crippen LogP contribution >= 0.6 is 0 Å². The van der Waals surface area contributed by atoms with Crippen LogP contribution in [0.4, 0.5) is 0 Å². The van der Waals surface area contributed by atoms with E-state index in [0.717, 1.165) is 43.1 Å². The highest BCUT2D eigenvalue weighted by Gasteiger charge is 2.20. The number of methoxy groups -OCH3 is 1. The summed E-state index contributed by atoms with van der Waals surface area (Å²) in [5.74, 6) is 0.596. The number of ether oxygens (including phenoxy) is 1. The lowest BCUT2D eigenvalue weighted by atomic mass is 10.1. The van der Waals surface area contributed by atoms with Gasteiger partial charge < -0.3 is 19.9 Å². The number of hydrogen-bond acceptors (Lipinski definition) is 4. The summed E-state index contributed by atoms with van der Waals surface area (Å²) < 4.78 is 5.27. The molecule has 0 unspecified atom stereocenters. The summed E-state index contributed by atoms with van der Waals surface area (Å²) in [5.41, 5.74) is 2.47. The van der Waals surface area contributed by atoms with Crippen LogP contribution in [0.5, 0.6) is 5.75 Å². The molecule has 152 valence electrons. The van der Waals surface area contributed by atoms with Gasteiger partial charge in [0, 0.05) is 49.9 Å². The molecular weight excluding hydrogens is 366 g/mol. The Balaban J connectivity index is 1.51. The summed E-state index contributed by atoms with van der Waals surface area (Å²) in [6.07, 6.45) is 3.22. The number of carbonyl (C=O) groups is 2. The average Bonchev–Trinajstić information content (AvgIpc) is 2.77. The maximum absolute atomic E-state index is 12.6. The normalized spacial score (nSPS) is 14.8. The molecule has 2 aromatic carbocycles. The molecule has 0 spiro atoms. The van der Waals surface area contributed by atoms with Crippen LogP contribution in [-0.4, -0.2) is 62.0 Å². The summed E-state index contributed by atoms with van der Waals surface area (Å²) in [4.78, 5) is 28.8. The number of rotatable bonds is 6. The van der Waals surface area contributed by atoms with Crippen LogP contribution < -0.4 is 10.1 Å². The van der Waals surface area contributed by atoms with Gasteiger partial charge in [0.15, 0.2) is 0 Å². The first kappa shape index (κ1) is 20.6. The van der Waals surface area contributed by atoms with Gasteiger partial charge in [0.25, 0.3) is 5.91 Å². The van der Waals surface area contributed by atoms with Gasteiger partial charge in [0.1, 0.15) is 5.75 Å².